The van der Waals surface area contributed by atoms with Gasteiger partial charge in [0.2, 0.25) is 0 Å². The third kappa shape index (κ3) is 6.07. The second-order valence-electron chi connectivity index (χ2n) is 14.0. The average Bonchev–Trinajstić information content (AvgIpc) is 3.67. The molecule has 2 heteroatoms. The molecule has 0 bridgehead atoms. The summed E-state index contributed by atoms with van der Waals surface area (Å²) in [5, 5.41) is 2.54. The van der Waals surface area contributed by atoms with Gasteiger partial charge in [-0.15, -0.1) is 11.3 Å². The molecule has 0 radical (unpaired) electrons. The summed E-state index contributed by atoms with van der Waals surface area (Å²) in [6.07, 6.45) is 0. The zero-order chi connectivity index (χ0) is 37.3. The number of rotatable bonds is 8. The molecule has 0 amide bonds. The lowest BCUT2D eigenvalue weighted by atomic mass is 9.88. The van der Waals surface area contributed by atoms with Crippen LogP contribution in [0, 0.1) is 0 Å². The van der Waals surface area contributed by atoms with Crippen molar-refractivity contribution in [2.24, 2.45) is 0 Å². The largest absolute Gasteiger partial charge is 0.309 e. The molecule has 10 rings (SSSR count). The minimum Gasteiger partial charge on any atom is -0.309 e. The van der Waals surface area contributed by atoms with Gasteiger partial charge in [-0.2, -0.15) is 0 Å². The third-order valence-corrected chi connectivity index (χ3v) is 11.9. The molecule has 1 heterocycles. The van der Waals surface area contributed by atoms with Crippen molar-refractivity contribution in [3.63, 3.8) is 0 Å². The first-order chi connectivity index (χ1) is 27.8. The van der Waals surface area contributed by atoms with E-state index in [4.69, 9.17) is 0 Å². The van der Waals surface area contributed by atoms with Gasteiger partial charge in [-0.3, -0.25) is 0 Å². The number of benzene rings is 9. The maximum Gasteiger partial charge on any atom is 0.0555 e. The molecule has 0 N–H and O–H groups in total. The van der Waals surface area contributed by atoms with Crippen molar-refractivity contribution < 1.29 is 0 Å². The minimum absolute atomic E-state index is 1.10. The van der Waals surface area contributed by atoms with Crippen LogP contribution in [0.5, 0.6) is 0 Å². The monoisotopic (exact) mass is 731 g/mol. The Hall–Kier alpha value is -7.00. The zero-order valence-electron chi connectivity index (χ0n) is 30.7. The van der Waals surface area contributed by atoms with Gasteiger partial charge in [-0.05, 0) is 86.5 Å². The molecule has 10 aromatic rings. The summed E-state index contributed by atoms with van der Waals surface area (Å²) in [5.41, 5.74) is 15.4. The summed E-state index contributed by atoms with van der Waals surface area (Å²) in [6.45, 7) is 0. The average molecular weight is 732 g/mol. The van der Waals surface area contributed by atoms with Gasteiger partial charge in [0.05, 0.1) is 11.4 Å². The van der Waals surface area contributed by atoms with Gasteiger partial charge in [0.25, 0.3) is 0 Å². The molecule has 9 aromatic carbocycles. The Labute approximate surface area is 332 Å². The molecule has 0 spiro atoms. The predicted molar refractivity (Wildman–Crippen MR) is 241 cm³/mol. The second-order valence-corrected chi connectivity index (χ2v) is 15.1. The standard InChI is InChI=1S/C54H37NS/c1-3-18-38(19-4-1)42-22-7-8-23-43(42)40-34-36-41(37-35-40)55(51-31-17-33-53-54(51)49-29-14-16-32-52(49)56-53)50-30-15-13-28-48(50)47-27-12-11-26-46(47)45-25-10-9-24-44(45)39-20-5-2-6-21-39/h1-37H. The van der Waals surface area contributed by atoms with E-state index < -0.39 is 0 Å². The number of thiophene rings is 1. The first-order valence-corrected chi connectivity index (χ1v) is 19.9. The normalized spacial score (nSPS) is 11.2. The number of anilines is 3. The highest BCUT2D eigenvalue weighted by atomic mass is 32.1. The Bertz CT molecular complexity index is 2960. The fraction of sp³-hybridized carbons (Fsp3) is 0. The van der Waals surface area contributed by atoms with Gasteiger partial charge in [-0.1, -0.05) is 188 Å². The lowest BCUT2D eigenvalue weighted by Crippen LogP contribution is -2.11. The first-order valence-electron chi connectivity index (χ1n) is 19.1. The fourth-order valence-electron chi connectivity index (χ4n) is 8.18. The summed E-state index contributed by atoms with van der Waals surface area (Å²) in [5.74, 6) is 0. The summed E-state index contributed by atoms with van der Waals surface area (Å²) >= 11 is 1.86. The van der Waals surface area contributed by atoms with E-state index in [1.807, 2.05) is 11.3 Å². The maximum atomic E-state index is 2.48. The van der Waals surface area contributed by atoms with Crippen molar-refractivity contribution in [1.82, 2.24) is 0 Å². The number of nitrogens with zero attached hydrogens (tertiary/aromatic N) is 1. The van der Waals surface area contributed by atoms with E-state index in [1.54, 1.807) is 0 Å². The molecule has 0 aliphatic carbocycles. The van der Waals surface area contributed by atoms with E-state index in [0.29, 0.717) is 0 Å². The number of fused-ring (bicyclic) bond motifs is 3. The zero-order valence-corrected chi connectivity index (χ0v) is 31.5. The lowest BCUT2D eigenvalue weighted by molar-refractivity contribution is 1.30. The SMILES string of the molecule is c1ccc(-c2ccccc2-c2ccc(N(c3ccccc3-c3ccccc3-c3ccccc3-c3ccccc3)c3cccc4sc5ccccc5c34)cc2)cc1. The van der Waals surface area contributed by atoms with E-state index in [-0.39, 0.29) is 0 Å². The van der Waals surface area contributed by atoms with Crippen molar-refractivity contribution in [2.75, 3.05) is 4.90 Å². The van der Waals surface area contributed by atoms with Crippen LogP contribution < -0.4 is 4.90 Å². The Morgan fingerprint density at radius 3 is 1.30 bits per heavy atom. The summed E-state index contributed by atoms with van der Waals surface area (Å²) in [6, 6.07) is 81.3. The molecule has 0 aliphatic heterocycles. The number of para-hydroxylation sites is 1. The maximum absolute atomic E-state index is 2.48. The molecule has 0 atom stereocenters. The summed E-state index contributed by atoms with van der Waals surface area (Å²) < 4.78 is 2.57. The molecular formula is C54H37NS. The Morgan fingerprint density at radius 1 is 0.268 bits per heavy atom. The van der Waals surface area contributed by atoms with E-state index in [0.717, 1.165) is 17.1 Å². The smallest absolute Gasteiger partial charge is 0.0555 e. The van der Waals surface area contributed by atoms with Gasteiger partial charge in [0.1, 0.15) is 0 Å². The molecule has 0 aliphatic rings. The lowest BCUT2D eigenvalue weighted by Gasteiger charge is -2.29. The molecule has 0 saturated heterocycles. The van der Waals surface area contributed by atoms with E-state index in [1.165, 1.54) is 75.8 Å². The van der Waals surface area contributed by atoms with Crippen LogP contribution in [0.15, 0.2) is 224 Å². The van der Waals surface area contributed by atoms with E-state index in [9.17, 15) is 0 Å². The highest BCUT2D eigenvalue weighted by molar-refractivity contribution is 7.26. The Balaban J connectivity index is 1.18. The highest BCUT2D eigenvalue weighted by Gasteiger charge is 2.23. The molecule has 1 aromatic heterocycles. The Morgan fingerprint density at radius 2 is 0.679 bits per heavy atom. The summed E-state index contributed by atoms with van der Waals surface area (Å²) in [4.78, 5) is 2.48. The quantitative estimate of drug-likeness (QED) is 0.150. The van der Waals surface area contributed by atoms with E-state index >= 15 is 0 Å². The van der Waals surface area contributed by atoms with Crippen LogP contribution in [0.4, 0.5) is 17.1 Å². The molecule has 0 unspecified atom stereocenters. The van der Waals surface area contributed by atoms with Crippen LogP contribution in [0.25, 0.3) is 75.8 Å². The van der Waals surface area contributed by atoms with Gasteiger partial charge >= 0.3 is 0 Å². The van der Waals surface area contributed by atoms with Gasteiger partial charge in [0, 0.05) is 31.4 Å². The van der Waals surface area contributed by atoms with Crippen molar-refractivity contribution in [3.8, 4) is 55.6 Å². The second kappa shape index (κ2) is 14.7. The molecular weight excluding hydrogens is 695 g/mol. The van der Waals surface area contributed by atoms with Crippen molar-refractivity contribution >= 4 is 48.6 Å². The van der Waals surface area contributed by atoms with Gasteiger partial charge in [0.15, 0.2) is 0 Å². The van der Waals surface area contributed by atoms with Crippen LogP contribution >= 0.6 is 11.3 Å². The first kappa shape index (κ1) is 33.6. The molecule has 264 valence electrons. The van der Waals surface area contributed by atoms with Crippen LogP contribution in [-0.4, -0.2) is 0 Å². The predicted octanol–water partition coefficient (Wildman–Crippen LogP) is 15.9. The minimum atomic E-state index is 1.10. The van der Waals surface area contributed by atoms with Gasteiger partial charge < -0.3 is 4.90 Å². The van der Waals surface area contributed by atoms with Crippen molar-refractivity contribution in [3.05, 3.63) is 224 Å². The van der Waals surface area contributed by atoms with Crippen LogP contribution in [0.3, 0.4) is 0 Å². The molecule has 0 fully saturated rings. The van der Waals surface area contributed by atoms with Crippen LogP contribution in [-0.2, 0) is 0 Å². The topological polar surface area (TPSA) is 3.24 Å². The number of hydrogen-bond donors (Lipinski definition) is 0. The van der Waals surface area contributed by atoms with Crippen molar-refractivity contribution in [2.45, 2.75) is 0 Å². The fourth-order valence-corrected chi connectivity index (χ4v) is 9.31. The molecule has 1 nitrogen and oxygen atoms in total. The third-order valence-electron chi connectivity index (χ3n) is 10.7. The van der Waals surface area contributed by atoms with Gasteiger partial charge in [-0.25, -0.2) is 0 Å². The molecule has 0 saturated carbocycles. The highest BCUT2D eigenvalue weighted by Crippen LogP contribution is 2.49. The Kier molecular flexibility index (Phi) is 8.79. The van der Waals surface area contributed by atoms with Crippen molar-refractivity contribution in [1.29, 1.82) is 0 Å². The number of hydrogen-bond acceptors (Lipinski definition) is 2. The summed E-state index contributed by atoms with van der Waals surface area (Å²) in [7, 11) is 0. The van der Waals surface area contributed by atoms with Crippen LogP contribution in [0.1, 0.15) is 0 Å². The molecule has 56 heavy (non-hydrogen) atoms. The van der Waals surface area contributed by atoms with Crippen LogP contribution in [0.2, 0.25) is 0 Å². The van der Waals surface area contributed by atoms with E-state index in [2.05, 4.69) is 229 Å².